The second kappa shape index (κ2) is 5.31. The summed E-state index contributed by atoms with van der Waals surface area (Å²) in [4.78, 5) is 18.5. The predicted octanol–water partition coefficient (Wildman–Crippen LogP) is 3.18. The van der Waals surface area contributed by atoms with Gasteiger partial charge >= 0.3 is 0 Å². The van der Waals surface area contributed by atoms with Crippen LogP contribution in [0.25, 0.3) is 11.4 Å². The van der Waals surface area contributed by atoms with E-state index in [2.05, 4.69) is 9.97 Å². The molecular weight excluding hydrogens is 255 g/mol. The number of aryl methyl sites for hydroxylation is 1. The quantitative estimate of drug-likeness (QED) is 0.927. The number of benzene rings is 1. The van der Waals surface area contributed by atoms with Crippen LogP contribution in [0, 0.1) is 5.82 Å². The van der Waals surface area contributed by atoms with Crippen molar-refractivity contribution in [2.24, 2.45) is 0 Å². The van der Waals surface area contributed by atoms with E-state index in [9.17, 15) is 9.18 Å². The lowest BCUT2D eigenvalue weighted by molar-refractivity contribution is 0.628. The number of rotatable bonds is 3. The largest absolute Gasteiger partial charge is 0.306 e. The smallest absolute Gasteiger partial charge is 0.251 e. The van der Waals surface area contributed by atoms with Gasteiger partial charge in [-0.1, -0.05) is 24.9 Å². The summed E-state index contributed by atoms with van der Waals surface area (Å²) in [6.45, 7) is 2.01. The number of aromatic nitrogens is 2. The molecule has 0 aliphatic heterocycles. The van der Waals surface area contributed by atoms with Crippen LogP contribution >= 0.6 is 11.6 Å². The van der Waals surface area contributed by atoms with E-state index in [4.69, 9.17) is 11.6 Å². The van der Waals surface area contributed by atoms with E-state index in [1.165, 1.54) is 24.3 Å². The summed E-state index contributed by atoms with van der Waals surface area (Å²) in [6.07, 6.45) is 1.61. The van der Waals surface area contributed by atoms with Gasteiger partial charge in [-0.15, -0.1) is 0 Å². The summed E-state index contributed by atoms with van der Waals surface area (Å²) in [7, 11) is 0. The van der Waals surface area contributed by atoms with Crippen LogP contribution in [0.15, 0.2) is 29.1 Å². The van der Waals surface area contributed by atoms with Gasteiger partial charge in [0.05, 0.1) is 5.02 Å². The van der Waals surface area contributed by atoms with Gasteiger partial charge < -0.3 is 4.98 Å². The lowest BCUT2D eigenvalue weighted by Crippen LogP contribution is -2.10. The van der Waals surface area contributed by atoms with Gasteiger partial charge in [0.25, 0.3) is 5.56 Å². The number of H-pyrrole nitrogens is 1. The Bertz CT molecular complexity index is 625. The molecule has 18 heavy (non-hydrogen) atoms. The third kappa shape index (κ3) is 2.76. The SMILES string of the molecule is CCCc1cc(=O)[nH]c(-c2ccc(F)cc2Cl)n1. The molecule has 94 valence electrons. The van der Waals surface area contributed by atoms with Gasteiger partial charge in [-0.25, -0.2) is 9.37 Å². The van der Waals surface area contributed by atoms with Crippen LogP contribution in [-0.2, 0) is 6.42 Å². The zero-order valence-corrected chi connectivity index (χ0v) is 10.6. The molecule has 0 saturated heterocycles. The summed E-state index contributed by atoms with van der Waals surface area (Å²) in [5.74, 6) is -0.0493. The summed E-state index contributed by atoms with van der Waals surface area (Å²) >= 11 is 5.94. The highest BCUT2D eigenvalue weighted by molar-refractivity contribution is 6.33. The Labute approximate surface area is 109 Å². The molecule has 2 aromatic rings. The standard InChI is InChI=1S/C13H12ClFN2O/c1-2-3-9-7-12(18)17-13(16-9)10-5-4-8(15)6-11(10)14/h4-7H,2-3H2,1H3,(H,16,17,18). The highest BCUT2D eigenvalue weighted by Crippen LogP contribution is 2.25. The molecule has 0 amide bonds. The van der Waals surface area contributed by atoms with Gasteiger partial charge in [-0.3, -0.25) is 4.79 Å². The second-order valence-corrected chi connectivity index (χ2v) is 4.37. The third-order valence-electron chi connectivity index (χ3n) is 2.49. The number of hydrogen-bond acceptors (Lipinski definition) is 2. The Morgan fingerprint density at radius 1 is 1.39 bits per heavy atom. The number of halogens is 2. The Morgan fingerprint density at radius 3 is 2.83 bits per heavy atom. The first-order chi connectivity index (χ1) is 8.60. The minimum absolute atomic E-state index is 0.229. The summed E-state index contributed by atoms with van der Waals surface area (Å²) in [5, 5.41) is 0.229. The maximum atomic E-state index is 13.0. The third-order valence-corrected chi connectivity index (χ3v) is 2.80. The summed E-state index contributed by atoms with van der Waals surface area (Å²) in [6, 6.07) is 5.45. The topological polar surface area (TPSA) is 45.8 Å². The number of nitrogens with zero attached hydrogens (tertiary/aromatic N) is 1. The molecule has 0 aliphatic rings. The Morgan fingerprint density at radius 2 is 2.17 bits per heavy atom. The maximum Gasteiger partial charge on any atom is 0.251 e. The van der Waals surface area contributed by atoms with Gasteiger partial charge in [0.1, 0.15) is 11.6 Å². The van der Waals surface area contributed by atoms with Gasteiger partial charge in [0, 0.05) is 17.3 Å². The van der Waals surface area contributed by atoms with E-state index < -0.39 is 5.82 Å². The van der Waals surface area contributed by atoms with Crippen LogP contribution in [-0.4, -0.2) is 9.97 Å². The average molecular weight is 267 g/mol. The fourth-order valence-electron chi connectivity index (χ4n) is 1.70. The van der Waals surface area contributed by atoms with Crippen molar-refractivity contribution in [1.29, 1.82) is 0 Å². The fraction of sp³-hybridized carbons (Fsp3) is 0.231. The molecule has 0 atom stereocenters. The van der Waals surface area contributed by atoms with Crippen LogP contribution < -0.4 is 5.56 Å². The fourth-order valence-corrected chi connectivity index (χ4v) is 1.96. The van der Waals surface area contributed by atoms with Crippen LogP contribution in [0.2, 0.25) is 5.02 Å². The predicted molar refractivity (Wildman–Crippen MR) is 69.3 cm³/mol. The van der Waals surface area contributed by atoms with E-state index in [-0.39, 0.29) is 10.6 Å². The van der Waals surface area contributed by atoms with Crippen LogP contribution in [0.3, 0.4) is 0 Å². The molecule has 2 rings (SSSR count). The van der Waals surface area contributed by atoms with Crippen molar-refractivity contribution >= 4 is 11.6 Å². The molecule has 0 spiro atoms. The monoisotopic (exact) mass is 266 g/mol. The van der Waals surface area contributed by atoms with E-state index in [1.807, 2.05) is 6.92 Å². The Balaban J connectivity index is 2.53. The molecule has 0 unspecified atom stereocenters. The highest BCUT2D eigenvalue weighted by Gasteiger charge is 2.08. The molecule has 1 aromatic carbocycles. The first-order valence-corrected chi connectivity index (χ1v) is 6.03. The van der Waals surface area contributed by atoms with Crippen molar-refractivity contribution in [3.8, 4) is 11.4 Å². The van der Waals surface area contributed by atoms with Crippen molar-refractivity contribution < 1.29 is 4.39 Å². The maximum absolute atomic E-state index is 13.0. The molecular formula is C13H12ClFN2O. The lowest BCUT2D eigenvalue weighted by atomic mass is 10.2. The molecule has 0 fully saturated rings. The minimum Gasteiger partial charge on any atom is -0.306 e. The molecule has 1 heterocycles. The molecule has 3 nitrogen and oxygen atoms in total. The number of nitrogens with one attached hydrogen (secondary N) is 1. The van der Waals surface area contributed by atoms with E-state index in [1.54, 1.807) is 0 Å². The highest BCUT2D eigenvalue weighted by atomic mass is 35.5. The van der Waals surface area contributed by atoms with Gasteiger partial charge in [0.15, 0.2) is 0 Å². The van der Waals surface area contributed by atoms with Crippen molar-refractivity contribution in [3.05, 3.63) is 51.2 Å². The van der Waals surface area contributed by atoms with E-state index in [0.29, 0.717) is 17.1 Å². The van der Waals surface area contributed by atoms with Crippen LogP contribution in [0.1, 0.15) is 19.0 Å². The van der Waals surface area contributed by atoms with Crippen LogP contribution in [0.5, 0.6) is 0 Å². The molecule has 0 bridgehead atoms. The summed E-state index contributed by atoms with van der Waals surface area (Å²) in [5.41, 5.74) is 0.994. The molecule has 5 heteroatoms. The first kappa shape index (κ1) is 12.8. The zero-order valence-electron chi connectivity index (χ0n) is 9.84. The lowest BCUT2D eigenvalue weighted by Gasteiger charge is -2.05. The normalized spacial score (nSPS) is 10.6. The van der Waals surface area contributed by atoms with Crippen LogP contribution in [0.4, 0.5) is 4.39 Å². The molecule has 1 N–H and O–H groups in total. The second-order valence-electron chi connectivity index (χ2n) is 3.96. The molecule has 1 aromatic heterocycles. The van der Waals surface area contributed by atoms with Crippen molar-refractivity contribution in [2.75, 3.05) is 0 Å². The molecule has 0 aliphatic carbocycles. The summed E-state index contributed by atoms with van der Waals surface area (Å²) < 4.78 is 13.0. The Kier molecular flexibility index (Phi) is 3.77. The molecule has 0 saturated carbocycles. The minimum atomic E-state index is -0.421. The van der Waals surface area contributed by atoms with Gasteiger partial charge in [-0.2, -0.15) is 0 Å². The zero-order chi connectivity index (χ0) is 13.1. The Hall–Kier alpha value is -1.68. The average Bonchev–Trinajstić information content (AvgIpc) is 2.28. The molecule has 0 radical (unpaired) electrons. The van der Waals surface area contributed by atoms with E-state index >= 15 is 0 Å². The number of aromatic amines is 1. The van der Waals surface area contributed by atoms with E-state index in [0.717, 1.165) is 12.8 Å². The van der Waals surface area contributed by atoms with Crippen molar-refractivity contribution in [3.63, 3.8) is 0 Å². The van der Waals surface area contributed by atoms with Gasteiger partial charge in [0.2, 0.25) is 0 Å². The van der Waals surface area contributed by atoms with Crippen molar-refractivity contribution in [2.45, 2.75) is 19.8 Å². The first-order valence-electron chi connectivity index (χ1n) is 5.66. The number of hydrogen-bond donors (Lipinski definition) is 1. The van der Waals surface area contributed by atoms with Gasteiger partial charge in [-0.05, 0) is 24.6 Å². The van der Waals surface area contributed by atoms with Crippen molar-refractivity contribution in [1.82, 2.24) is 9.97 Å².